The monoisotopic (exact) mass is 581 g/mol. The first kappa shape index (κ1) is 29.5. The lowest BCUT2D eigenvalue weighted by molar-refractivity contribution is -0.139. The van der Waals surface area contributed by atoms with Gasteiger partial charge in [-0.3, -0.25) is 13.9 Å². The molecular weight excluding hydrogens is 556 g/mol. The van der Waals surface area contributed by atoms with Crippen LogP contribution in [-0.4, -0.2) is 50.0 Å². The number of rotatable bonds is 10. The van der Waals surface area contributed by atoms with E-state index in [9.17, 15) is 18.0 Å². The fourth-order valence-corrected chi connectivity index (χ4v) is 4.81. The third kappa shape index (κ3) is 8.15. The van der Waals surface area contributed by atoms with E-state index in [1.54, 1.807) is 31.2 Å². The number of sulfonamides is 1. The molecule has 0 radical (unpaired) electrons. The molecule has 0 aliphatic heterocycles. The quantitative estimate of drug-likeness (QED) is 0.380. The summed E-state index contributed by atoms with van der Waals surface area (Å²) in [7, 11) is -3.96. The number of nitrogens with zero attached hydrogens (tertiary/aromatic N) is 2. The largest absolute Gasteiger partial charge is 0.352 e. The molecule has 2 rings (SSSR count). The number of hydrogen-bond acceptors (Lipinski definition) is 4. The SMILES string of the molecule is CC[C@H](C)NC(=O)[C@H](C)N(Cc1ccc(Cl)cc1)C(=O)CN(c1cc(Cl)c(Cl)cc1Cl)S(C)(=O)=O. The predicted molar refractivity (Wildman–Crippen MR) is 143 cm³/mol. The molecule has 0 unspecified atom stereocenters. The van der Waals surface area contributed by atoms with E-state index < -0.39 is 28.5 Å². The van der Waals surface area contributed by atoms with E-state index in [1.165, 1.54) is 17.0 Å². The van der Waals surface area contributed by atoms with E-state index in [1.807, 2.05) is 13.8 Å². The third-order valence-electron chi connectivity index (χ3n) is 5.37. The van der Waals surface area contributed by atoms with Crippen molar-refractivity contribution in [2.24, 2.45) is 0 Å². The molecule has 2 atom stereocenters. The highest BCUT2D eigenvalue weighted by Gasteiger charge is 2.31. The summed E-state index contributed by atoms with van der Waals surface area (Å²) >= 11 is 24.3. The van der Waals surface area contributed by atoms with Crippen molar-refractivity contribution in [3.63, 3.8) is 0 Å². The maximum Gasteiger partial charge on any atom is 0.244 e. The van der Waals surface area contributed by atoms with Crippen LogP contribution in [0.2, 0.25) is 20.1 Å². The van der Waals surface area contributed by atoms with Crippen LogP contribution in [0.15, 0.2) is 36.4 Å². The Hall–Kier alpha value is -1.71. The van der Waals surface area contributed by atoms with Gasteiger partial charge in [0.1, 0.15) is 12.6 Å². The van der Waals surface area contributed by atoms with Crippen molar-refractivity contribution in [2.45, 2.75) is 45.8 Å². The van der Waals surface area contributed by atoms with Gasteiger partial charge < -0.3 is 10.2 Å². The molecule has 7 nitrogen and oxygen atoms in total. The van der Waals surface area contributed by atoms with Crippen molar-refractivity contribution < 1.29 is 18.0 Å². The third-order valence-corrected chi connectivity index (χ3v) is 7.78. The highest BCUT2D eigenvalue weighted by Crippen LogP contribution is 2.35. The summed E-state index contributed by atoms with van der Waals surface area (Å²) in [6, 6.07) is 8.39. The number of amides is 2. The highest BCUT2D eigenvalue weighted by atomic mass is 35.5. The Labute approximate surface area is 226 Å². The van der Waals surface area contributed by atoms with Crippen molar-refractivity contribution in [1.29, 1.82) is 0 Å². The summed E-state index contributed by atoms with van der Waals surface area (Å²) in [6.45, 7) is 4.82. The van der Waals surface area contributed by atoms with E-state index in [0.717, 1.165) is 10.6 Å². The lowest BCUT2D eigenvalue weighted by Crippen LogP contribution is -2.52. The predicted octanol–water partition coefficient (Wildman–Crippen LogP) is 5.40. The number of carbonyl (C=O) groups is 2. The number of carbonyl (C=O) groups excluding carboxylic acids is 2. The van der Waals surface area contributed by atoms with E-state index in [2.05, 4.69) is 5.32 Å². The van der Waals surface area contributed by atoms with Crippen molar-refractivity contribution in [2.75, 3.05) is 17.1 Å². The minimum atomic E-state index is -3.96. The van der Waals surface area contributed by atoms with Crippen LogP contribution in [0.5, 0.6) is 0 Å². The molecule has 2 aromatic carbocycles. The van der Waals surface area contributed by atoms with Gasteiger partial charge in [0.2, 0.25) is 21.8 Å². The molecule has 0 aromatic heterocycles. The maximum atomic E-state index is 13.5. The Balaban J connectivity index is 2.45. The van der Waals surface area contributed by atoms with Crippen molar-refractivity contribution >= 4 is 73.9 Å². The molecule has 12 heteroatoms. The molecule has 35 heavy (non-hydrogen) atoms. The zero-order chi connectivity index (χ0) is 26.5. The van der Waals surface area contributed by atoms with Crippen LogP contribution in [0.3, 0.4) is 0 Å². The van der Waals surface area contributed by atoms with Crippen molar-refractivity contribution in [1.82, 2.24) is 10.2 Å². The van der Waals surface area contributed by atoms with Crippen molar-refractivity contribution in [3.8, 4) is 0 Å². The Morgan fingerprint density at radius 3 is 2.09 bits per heavy atom. The zero-order valence-electron chi connectivity index (χ0n) is 19.7. The van der Waals surface area contributed by atoms with Gasteiger partial charge in [-0.05, 0) is 50.1 Å². The van der Waals surface area contributed by atoms with Crippen LogP contribution in [0, 0.1) is 0 Å². The topological polar surface area (TPSA) is 86.8 Å². The molecule has 0 heterocycles. The van der Waals surface area contributed by atoms with Gasteiger partial charge in [-0.1, -0.05) is 65.5 Å². The van der Waals surface area contributed by atoms with Gasteiger partial charge >= 0.3 is 0 Å². The Kier molecular flexibility index (Phi) is 10.5. The average molecular weight is 583 g/mol. The number of nitrogens with one attached hydrogen (secondary N) is 1. The summed E-state index contributed by atoms with van der Waals surface area (Å²) in [4.78, 5) is 27.7. The molecule has 0 saturated carbocycles. The lowest BCUT2D eigenvalue weighted by atomic mass is 10.1. The van der Waals surface area contributed by atoms with Gasteiger partial charge in [-0.25, -0.2) is 8.42 Å². The molecule has 2 amide bonds. The van der Waals surface area contributed by atoms with Crippen LogP contribution >= 0.6 is 46.4 Å². The summed E-state index contributed by atoms with van der Waals surface area (Å²) in [6.07, 6.45) is 1.66. The van der Waals surface area contributed by atoms with E-state index in [4.69, 9.17) is 46.4 Å². The fourth-order valence-electron chi connectivity index (χ4n) is 3.13. The first-order chi connectivity index (χ1) is 16.2. The number of anilines is 1. The molecule has 0 spiro atoms. The molecule has 0 fully saturated rings. The van der Waals surface area contributed by atoms with Crippen molar-refractivity contribution in [3.05, 3.63) is 62.1 Å². The number of benzene rings is 2. The van der Waals surface area contributed by atoms with Gasteiger partial charge in [0, 0.05) is 17.6 Å². The fraction of sp³-hybridized carbons (Fsp3) is 0.391. The van der Waals surface area contributed by atoms with Crippen LogP contribution in [0.25, 0.3) is 0 Å². The Morgan fingerprint density at radius 1 is 0.971 bits per heavy atom. The first-order valence-corrected chi connectivity index (χ1v) is 14.1. The maximum absolute atomic E-state index is 13.5. The Morgan fingerprint density at radius 2 is 1.54 bits per heavy atom. The second kappa shape index (κ2) is 12.5. The minimum absolute atomic E-state index is 0.0000643. The Bertz CT molecular complexity index is 1180. The second-order valence-electron chi connectivity index (χ2n) is 8.13. The van der Waals surface area contributed by atoms with Crippen LogP contribution in [-0.2, 0) is 26.2 Å². The highest BCUT2D eigenvalue weighted by molar-refractivity contribution is 7.92. The summed E-state index contributed by atoms with van der Waals surface area (Å²) < 4.78 is 26.1. The number of halogens is 4. The molecule has 0 aliphatic carbocycles. The minimum Gasteiger partial charge on any atom is -0.352 e. The smallest absolute Gasteiger partial charge is 0.244 e. The summed E-state index contributed by atoms with van der Waals surface area (Å²) in [5.74, 6) is -0.973. The lowest BCUT2D eigenvalue weighted by Gasteiger charge is -2.32. The van der Waals surface area contributed by atoms with Gasteiger partial charge in [-0.2, -0.15) is 0 Å². The molecule has 0 aliphatic rings. The van der Waals surface area contributed by atoms with E-state index in [0.29, 0.717) is 17.0 Å². The average Bonchev–Trinajstić information content (AvgIpc) is 2.78. The molecule has 0 saturated heterocycles. The molecule has 0 bridgehead atoms. The molecule has 192 valence electrons. The van der Waals surface area contributed by atoms with Gasteiger partial charge in [0.25, 0.3) is 0 Å². The van der Waals surface area contributed by atoms with Gasteiger partial charge in [-0.15, -0.1) is 0 Å². The van der Waals surface area contributed by atoms with Crippen LogP contribution in [0.1, 0.15) is 32.8 Å². The zero-order valence-corrected chi connectivity index (χ0v) is 23.5. The second-order valence-corrected chi connectivity index (χ2v) is 11.7. The van der Waals surface area contributed by atoms with Crippen LogP contribution in [0.4, 0.5) is 5.69 Å². The number of hydrogen-bond donors (Lipinski definition) is 1. The van der Waals surface area contributed by atoms with Crippen LogP contribution < -0.4 is 9.62 Å². The normalized spacial score (nSPS) is 13.1. The van der Waals surface area contributed by atoms with E-state index in [-0.39, 0.29) is 39.2 Å². The molecular formula is C23H27Cl4N3O4S. The van der Waals surface area contributed by atoms with Gasteiger partial charge in [0.15, 0.2) is 0 Å². The summed E-state index contributed by atoms with van der Waals surface area (Å²) in [5.41, 5.74) is 0.712. The molecule has 2 aromatic rings. The van der Waals surface area contributed by atoms with Gasteiger partial charge in [0.05, 0.1) is 27.0 Å². The molecule has 1 N–H and O–H groups in total. The first-order valence-electron chi connectivity index (χ1n) is 10.7. The standard InChI is InChI=1S/C23H27Cl4N3O4S/c1-5-14(2)28-23(32)15(3)29(12-16-6-8-17(24)9-7-16)22(31)13-30(35(4,33)34)21-11-19(26)18(25)10-20(21)27/h6-11,14-15H,5,12-13H2,1-4H3,(H,28,32)/t14-,15-/m0/s1. The summed E-state index contributed by atoms with van der Waals surface area (Å²) in [5, 5.41) is 3.60. The van der Waals surface area contributed by atoms with E-state index >= 15 is 0 Å².